The van der Waals surface area contributed by atoms with E-state index in [0.717, 1.165) is 56.2 Å². The topological polar surface area (TPSA) is 85.5 Å². The molecule has 1 aliphatic heterocycles. The van der Waals surface area contributed by atoms with Crippen LogP contribution in [0.4, 0.5) is 0 Å². The molecular weight excluding hydrogens is 350 g/mol. The summed E-state index contributed by atoms with van der Waals surface area (Å²) in [5.74, 6) is 0.253. The molecular formula is C22H33N5O. The molecule has 1 saturated carbocycles. The lowest BCUT2D eigenvalue weighted by Gasteiger charge is -2.38. The molecule has 3 aliphatic carbocycles. The number of allylic oxidation sites excluding steroid dienone is 5. The fourth-order valence-electron chi connectivity index (χ4n) is 4.97. The van der Waals surface area contributed by atoms with E-state index >= 15 is 0 Å². The number of hydrogen-bond acceptors (Lipinski definition) is 5. The van der Waals surface area contributed by atoms with Gasteiger partial charge in [0.1, 0.15) is 0 Å². The number of rotatable bonds is 5. The number of carbonyl (C=O) groups excluding carboxylic acids is 1. The van der Waals surface area contributed by atoms with Crippen LogP contribution in [-0.2, 0) is 4.79 Å². The Hall–Kier alpha value is -2.08. The van der Waals surface area contributed by atoms with Crippen LogP contribution in [0.25, 0.3) is 0 Å². The molecule has 0 aromatic heterocycles. The van der Waals surface area contributed by atoms with Gasteiger partial charge in [0.2, 0.25) is 5.91 Å². The standard InChI is InChI=1S/C22H33N5O/c1-14-5-3-4-6-21(14)27-15(2)19(13-25-27)22(28)26(17-7-8-17)18-9-10-20(24)16(11-18)12-23/h3,5,12,15,17-19,23,25H,4,6-11,13,24H2,1-2H3. The van der Waals surface area contributed by atoms with Gasteiger partial charge in [-0.2, -0.15) is 0 Å². The van der Waals surface area contributed by atoms with Crippen molar-refractivity contribution in [3.05, 3.63) is 34.7 Å². The van der Waals surface area contributed by atoms with Gasteiger partial charge >= 0.3 is 0 Å². The fourth-order valence-corrected chi connectivity index (χ4v) is 4.97. The van der Waals surface area contributed by atoms with Crippen molar-refractivity contribution in [1.29, 1.82) is 5.41 Å². The first-order chi connectivity index (χ1) is 13.5. The molecule has 6 heteroatoms. The van der Waals surface area contributed by atoms with Crippen LogP contribution in [0.3, 0.4) is 0 Å². The van der Waals surface area contributed by atoms with Gasteiger partial charge in [-0.15, -0.1) is 0 Å². The number of nitrogens with two attached hydrogens (primary N) is 1. The normalized spacial score (nSPS) is 30.8. The predicted molar refractivity (Wildman–Crippen MR) is 111 cm³/mol. The summed E-state index contributed by atoms with van der Waals surface area (Å²) in [6.45, 7) is 5.03. The number of nitrogens with zero attached hydrogens (tertiary/aromatic N) is 2. The van der Waals surface area contributed by atoms with E-state index in [1.165, 1.54) is 17.5 Å². The quantitative estimate of drug-likeness (QED) is 0.637. The Balaban J connectivity index is 1.51. The molecule has 1 heterocycles. The van der Waals surface area contributed by atoms with E-state index in [-0.39, 0.29) is 23.9 Å². The average Bonchev–Trinajstić information content (AvgIpc) is 3.45. The summed E-state index contributed by atoms with van der Waals surface area (Å²) in [6, 6.07) is 0.712. The first kappa shape index (κ1) is 19.2. The molecule has 1 saturated heterocycles. The number of nitrogens with one attached hydrogen (secondary N) is 2. The average molecular weight is 384 g/mol. The molecule has 0 aromatic carbocycles. The lowest BCUT2D eigenvalue weighted by molar-refractivity contribution is -0.139. The maximum absolute atomic E-state index is 13.6. The molecule has 3 atom stereocenters. The summed E-state index contributed by atoms with van der Waals surface area (Å²) in [5, 5.41) is 9.90. The number of amides is 1. The fraction of sp³-hybridized carbons (Fsp3) is 0.636. The van der Waals surface area contributed by atoms with Gasteiger partial charge in [0.05, 0.1) is 12.0 Å². The second kappa shape index (κ2) is 7.74. The monoisotopic (exact) mass is 383 g/mol. The van der Waals surface area contributed by atoms with Crippen molar-refractivity contribution >= 4 is 12.1 Å². The van der Waals surface area contributed by atoms with Crippen LogP contribution in [0, 0.1) is 11.3 Å². The molecule has 6 nitrogen and oxygen atoms in total. The second-order valence-electron chi connectivity index (χ2n) is 8.72. The Morgan fingerprint density at radius 3 is 2.79 bits per heavy atom. The van der Waals surface area contributed by atoms with Gasteiger partial charge in [0.15, 0.2) is 0 Å². The Morgan fingerprint density at radius 1 is 1.32 bits per heavy atom. The highest BCUT2D eigenvalue weighted by Gasteiger charge is 2.45. The molecule has 2 fully saturated rings. The lowest BCUT2D eigenvalue weighted by Crippen LogP contribution is -2.49. The van der Waals surface area contributed by atoms with Crippen LogP contribution in [0.5, 0.6) is 0 Å². The molecule has 4 N–H and O–H groups in total. The summed E-state index contributed by atoms with van der Waals surface area (Å²) in [6.07, 6.45) is 12.5. The highest BCUT2D eigenvalue weighted by Crippen LogP contribution is 2.37. The predicted octanol–water partition coefficient (Wildman–Crippen LogP) is 2.84. The zero-order valence-electron chi connectivity index (χ0n) is 17.1. The minimum absolute atomic E-state index is 0.0292. The first-order valence-electron chi connectivity index (χ1n) is 10.7. The van der Waals surface area contributed by atoms with Crippen molar-refractivity contribution in [2.75, 3.05) is 6.54 Å². The van der Waals surface area contributed by atoms with Crippen molar-refractivity contribution in [2.45, 2.75) is 76.9 Å². The molecule has 0 radical (unpaired) electrons. The van der Waals surface area contributed by atoms with Crippen molar-refractivity contribution in [2.24, 2.45) is 11.7 Å². The van der Waals surface area contributed by atoms with Crippen molar-refractivity contribution in [1.82, 2.24) is 15.3 Å². The van der Waals surface area contributed by atoms with Gasteiger partial charge in [-0.05, 0) is 69.9 Å². The van der Waals surface area contributed by atoms with Crippen molar-refractivity contribution in [3.8, 4) is 0 Å². The van der Waals surface area contributed by atoms with E-state index in [1.807, 2.05) is 0 Å². The summed E-state index contributed by atoms with van der Waals surface area (Å²) in [5.41, 5.74) is 13.9. The van der Waals surface area contributed by atoms with Crippen LogP contribution in [-0.4, -0.2) is 46.7 Å². The van der Waals surface area contributed by atoms with Crippen LogP contribution in [0.2, 0.25) is 0 Å². The van der Waals surface area contributed by atoms with Crippen LogP contribution < -0.4 is 11.2 Å². The smallest absolute Gasteiger partial charge is 0.229 e. The van der Waals surface area contributed by atoms with E-state index < -0.39 is 0 Å². The molecule has 4 aliphatic rings. The largest absolute Gasteiger partial charge is 0.402 e. The molecule has 0 aromatic rings. The van der Waals surface area contributed by atoms with Crippen molar-refractivity contribution < 1.29 is 4.79 Å². The van der Waals surface area contributed by atoms with Crippen molar-refractivity contribution in [3.63, 3.8) is 0 Å². The van der Waals surface area contributed by atoms with E-state index in [9.17, 15) is 4.79 Å². The van der Waals surface area contributed by atoms with Crippen LogP contribution in [0.15, 0.2) is 34.7 Å². The molecule has 3 unspecified atom stereocenters. The molecule has 1 amide bonds. The number of carbonyl (C=O) groups is 1. The van der Waals surface area contributed by atoms with E-state index in [4.69, 9.17) is 11.1 Å². The second-order valence-corrected chi connectivity index (χ2v) is 8.72. The van der Waals surface area contributed by atoms with Crippen LogP contribution in [0.1, 0.15) is 58.8 Å². The van der Waals surface area contributed by atoms with Gasteiger partial charge < -0.3 is 21.1 Å². The molecule has 0 spiro atoms. The Labute approximate surface area is 168 Å². The van der Waals surface area contributed by atoms with Gasteiger partial charge in [-0.25, -0.2) is 5.43 Å². The summed E-state index contributed by atoms with van der Waals surface area (Å²) >= 11 is 0. The maximum Gasteiger partial charge on any atom is 0.229 e. The summed E-state index contributed by atoms with van der Waals surface area (Å²) in [7, 11) is 0. The van der Waals surface area contributed by atoms with Gasteiger partial charge in [0.25, 0.3) is 0 Å². The summed E-state index contributed by atoms with van der Waals surface area (Å²) in [4.78, 5) is 15.8. The molecule has 4 rings (SSSR count). The number of hydrazine groups is 1. The minimum atomic E-state index is -0.0292. The van der Waals surface area contributed by atoms with E-state index in [0.29, 0.717) is 12.6 Å². The van der Waals surface area contributed by atoms with Gasteiger partial charge in [0, 0.05) is 36.2 Å². The zero-order chi connectivity index (χ0) is 19.8. The van der Waals surface area contributed by atoms with Gasteiger partial charge in [-0.3, -0.25) is 4.79 Å². The number of hydrogen-bond donors (Lipinski definition) is 3. The van der Waals surface area contributed by atoms with Crippen LogP contribution >= 0.6 is 0 Å². The summed E-state index contributed by atoms with van der Waals surface area (Å²) < 4.78 is 0. The van der Waals surface area contributed by atoms with Gasteiger partial charge in [-0.1, -0.05) is 12.2 Å². The van der Waals surface area contributed by atoms with E-state index in [1.54, 1.807) is 0 Å². The lowest BCUT2D eigenvalue weighted by atomic mass is 9.90. The third-order valence-corrected chi connectivity index (χ3v) is 6.83. The van der Waals surface area contributed by atoms with E-state index in [2.05, 4.69) is 41.3 Å². The molecule has 0 bridgehead atoms. The zero-order valence-corrected chi connectivity index (χ0v) is 17.1. The SMILES string of the molecule is CC1=C(N2NCC(C(=O)N(C3CC3)C3CCC(N)=C(C=N)C3)C2C)CCC=C1. The third-order valence-electron chi connectivity index (χ3n) is 6.83. The molecule has 28 heavy (non-hydrogen) atoms. The molecule has 152 valence electrons. The first-order valence-corrected chi connectivity index (χ1v) is 10.7. The minimum Gasteiger partial charge on any atom is -0.402 e. The Morgan fingerprint density at radius 2 is 2.11 bits per heavy atom. The highest BCUT2D eigenvalue weighted by molar-refractivity contribution is 5.82. The third kappa shape index (κ3) is 3.50. The Kier molecular flexibility index (Phi) is 5.32. The maximum atomic E-state index is 13.6. The Bertz CT molecular complexity index is 748. The highest BCUT2D eigenvalue weighted by atomic mass is 16.2.